The summed E-state index contributed by atoms with van der Waals surface area (Å²) in [6, 6.07) is 1.87. The van der Waals surface area contributed by atoms with Crippen LogP contribution in [-0.2, 0) is 0 Å². The largest absolute Gasteiger partial charge is 0.492 e. The van der Waals surface area contributed by atoms with Crippen LogP contribution in [-0.4, -0.2) is 25.3 Å². The monoisotopic (exact) mass is 304 g/mol. The third-order valence-electron chi connectivity index (χ3n) is 3.76. The van der Waals surface area contributed by atoms with Crippen LogP contribution in [0.3, 0.4) is 0 Å². The Hall–Kier alpha value is -1.00. The zero-order chi connectivity index (χ0) is 13.8. The zero-order valence-electron chi connectivity index (χ0n) is 10.8. The van der Waals surface area contributed by atoms with Crippen LogP contribution in [0.15, 0.2) is 6.07 Å². The molecule has 6 heteroatoms. The molecular formula is C13H14Cl2O4. The molecule has 1 aromatic carbocycles. The number of alkyl halides is 2. The minimum absolute atomic E-state index is 0.00539. The minimum Gasteiger partial charge on any atom is -0.492 e. The van der Waals surface area contributed by atoms with Crippen LogP contribution in [0.1, 0.15) is 18.4 Å². The smallest absolute Gasteiger partial charge is 0.231 e. The van der Waals surface area contributed by atoms with Gasteiger partial charge in [-0.3, -0.25) is 0 Å². The van der Waals surface area contributed by atoms with Crippen LogP contribution in [0.2, 0.25) is 0 Å². The average Bonchev–Trinajstić information content (AvgIpc) is 2.77. The first-order chi connectivity index (χ1) is 9.02. The lowest BCUT2D eigenvalue weighted by atomic mass is 10.1. The Balaban J connectivity index is 2.15. The summed E-state index contributed by atoms with van der Waals surface area (Å²) < 4.78 is 20.9. The third kappa shape index (κ3) is 1.73. The van der Waals surface area contributed by atoms with Crippen molar-refractivity contribution in [1.29, 1.82) is 0 Å². The highest BCUT2D eigenvalue weighted by molar-refractivity contribution is 6.51. The van der Waals surface area contributed by atoms with E-state index in [1.165, 1.54) is 0 Å². The maximum atomic E-state index is 6.26. The molecule has 3 rings (SSSR count). The minimum atomic E-state index is -0.772. The third-order valence-corrected chi connectivity index (χ3v) is 4.92. The van der Waals surface area contributed by atoms with Gasteiger partial charge in [-0.15, -0.1) is 23.2 Å². The molecule has 2 unspecified atom stereocenters. The molecular weight excluding hydrogens is 291 g/mol. The van der Waals surface area contributed by atoms with E-state index in [-0.39, 0.29) is 18.6 Å². The Morgan fingerprint density at radius 1 is 1.21 bits per heavy atom. The van der Waals surface area contributed by atoms with Crippen molar-refractivity contribution in [2.75, 3.05) is 21.0 Å². The fraction of sp³-hybridized carbons (Fsp3) is 0.538. The van der Waals surface area contributed by atoms with E-state index in [0.717, 1.165) is 5.56 Å². The maximum absolute atomic E-state index is 6.26. The van der Waals surface area contributed by atoms with Crippen LogP contribution in [0.4, 0.5) is 0 Å². The second-order valence-electron chi connectivity index (χ2n) is 4.71. The van der Waals surface area contributed by atoms with Gasteiger partial charge < -0.3 is 18.9 Å². The number of hydrogen-bond acceptors (Lipinski definition) is 4. The van der Waals surface area contributed by atoms with E-state index in [2.05, 4.69) is 0 Å². The van der Waals surface area contributed by atoms with Gasteiger partial charge in [0.15, 0.2) is 11.5 Å². The van der Waals surface area contributed by atoms with Crippen molar-refractivity contribution in [1.82, 2.24) is 0 Å². The van der Waals surface area contributed by atoms with Crippen molar-refractivity contribution in [3.63, 3.8) is 0 Å². The van der Waals surface area contributed by atoms with E-state index in [0.29, 0.717) is 23.0 Å². The number of methoxy groups -OCH3 is 2. The van der Waals surface area contributed by atoms with Crippen molar-refractivity contribution < 1.29 is 18.9 Å². The van der Waals surface area contributed by atoms with Crippen LogP contribution >= 0.6 is 23.2 Å². The molecule has 0 spiro atoms. The predicted molar refractivity (Wildman–Crippen MR) is 72.0 cm³/mol. The molecule has 4 nitrogen and oxygen atoms in total. The second-order valence-corrected chi connectivity index (χ2v) is 6.15. The summed E-state index contributed by atoms with van der Waals surface area (Å²) in [5.41, 5.74) is 0.890. The SMILES string of the molecule is COc1c(C2C(C)C2(Cl)Cl)cc2c(c1OC)OCO2. The van der Waals surface area contributed by atoms with E-state index in [9.17, 15) is 0 Å². The summed E-state index contributed by atoms with van der Waals surface area (Å²) in [7, 11) is 3.15. The van der Waals surface area contributed by atoms with Gasteiger partial charge in [-0.25, -0.2) is 0 Å². The van der Waals surface area contributed by atoms with Crippen molar-refractivity contribution in [3.05, 3.63) is 11.6 Å². The van der Waals surface area contributed by atoms with Crippen molar-refractivity contribution in [2.24, 2.45) is 5.92 Å². The van der Waals surface area contributed by atoms with Gasteiger partial charge >= 0.3 is 0 Å². The summed E-state index contributed by atoms with van der Waals surface area (Å²) in [5, 5.41) is 0. The Kier molecular flexibility index (Phi) is 2.91. The number of hydrogen-bond donors (Lipinski definition) is 0. The van der Waals surface area contributed by atoms with Gasteiger partial charge in [0.25, 0.3) is 0 Å². The predicted octanol–water partition coefficient (Wildman–Crippen LogP) is 3.34. The van der Waals surface area contributed by atoms with Gasteiger partial charge in [0.05, 0.1) is 14.2 Å². The summed E-state index contributed by atoms with van der Waals surface area (Å²) >= 11 is 12.5. The lowest BCUT2D eigenvalue weighted by molar-refractivity contribution is 0.170. The fourth-order valence-electron chi connectivity index (χ4n) is 2.60. The van der Waals surface area contributed by atoms with Crippen LogP contribution in [0, 0.1) is 5.92 Å². The lowest BCUT2D eigenvalue weighted by Gasteiger charge is -2.15. The summed E-state index contributed by atoms with van der Waals surface area (Å²) in [4.78, 5) is 0. The highest BCUT2D eigenvalue weighted by atomic mass is 35.5. The Morgan fingerprint density at radius 2 is 1.84 bits per heavy atom. The number of fused-ring (bicyclic) bond motifs is 1. The highest BCUT2D eigenvalue weighted by Gasteiger charge is 2.62. The molecule has 104 valence electrons. The molecule has 0 bridgehead atoms. The number of ether oxygens (including phenoxy) is 4. The Bertz CT molecular complexity index is 530. The Morgan fingerprint density at radius 3 is 2.37 bits per heavy atom. The van der Waals surface area contributed by atoms with Crippen molar-refractivity contribution in [2.45, 2.75) is 17.2 Å². The van der Waals surface area contributed by atoms with Gasteiger partial charge in [-0.05, 0) is 12.0 Å². The first kappa shape index (κ1) is 13.0. The van der Waals surface area contributed by atoms with E-state index in [1.54, 1.807) is 14.2 Å². The van der Waals surface area contributed by atoms with Crippen LogP contribution < -0.4 is 18.9 Å². The fourth-order valence-corrected chi connectivity index (χ4v) is 3.34. The molecule has 0 aromatic heterocycles. The molecule has 2 aliphatic rings. The molecule has 0 radical (unpaired) electrons. The van der Waals surface area contributed by atoms with Gasteiger partial charge in [0.2, 0.25) is 18.3 Å². The number of halogens is 2. The summed E-state index contributed by atoms with van der Waals surface area (Å²) in [6.45, 7) is 2.17. The highest BCUT2D eigenvalue weighted by Crippen LogP contribution is 2.68. The molecule has 1 aliphatic heterocycles. The van der Waals surface area contributed by atoms with Gasteiger partial charge in [0.1, 0.15) is 4.33 Å². The molecule has 2 atom stereocenters. The summed E-state index contributed by atoms with van der Waals surface area (Å²) in [5.74, 6) is 2.47. The topological polar surface area (TPSA) is 36.9 Å². The second kappa shape index (κ2) is 4.25. The average molecular weight is 305 g/mol. The molecule has 0 N–H and O–H groups in total. The molecule has 1 saturated carbocycles. The molecule has 1 fully saturated rings. The first-order valence-electron chi connectivity index (χ1n) is 5.94. The van der Waals surface area contributed by atoms with Crippen LogP contribution in [0.25, 0.3) is 0 Å². The van der Waals surface area contributed by atoms with Crippen molar-refractivity contribution >= 4 is 23.2 Å². The quantitative estimate of drug-likeness (QED) is 0.803. The molecule has 1 aromatic rings. The normalized spacial score (nSPS) is 26.2. The number of benzene rings is 1. The van der Waals surface area contributed by atoms with Gasteiger partial charge in [-0.1, -0.05) is 6.92 Å². The van der Waals surface area contributed by atoms with Crippen molar-refractivity contribution in [3.8, 4) is 23.0 Å². The molecule has 1 aliphatic carbocycles. The van der Waals surface area contributed by atoms with E-state index < -0.39 is 4.33 Å². The van der Waals surface area contributed by atoms with Gasteiger partial charge in [0, 0.05) is 11.5 Å². The molecule has 0 amide bonds. The summed E-state index contributed by atoms with van der Waals surface area (Å²) in [6.07, 6.45) is 0. The maximum Gasteiger partial charge on any atom is 0.231 e. The standard InChI is InChI=1S/C13H14Cl2O4/c1-6-9(13(6,14)15)7-4-8-11(19-5-18-8)12(17-3)10(7)16-2/h4,6,9H,5H2,1-3H3. The Labute approximate surface area is 121 Å². The molecule has 0 saturated heterocycles. The number of rotatable bonds is 3. The van der Waals surface area contributed by atoms with E-state index in [1.807, 2.05) is 13.0 Å². The van der Waals surface area contributed by atoms with Crippen LogP contribution in [0.5, 0.6) is 23.0 Å². The zero-order valence-corrected chi connectivity index (χ0v) is 12.3. The van der Waals surface area contributed by atoms with E-state index in [4.69, 9.17) is 42.1 Å². The lowest BCUT2D eigenvalue weighted by Crippen LogP contribution is -1.99. The molecule has 1 heterocycles. The van der Waals surface area contributed by atoms with E-state index >= 15 is 0 Å². The van der Waals surface area contributed by atoms with Gasteiger partial charge in [-0.2, -0.15) is 0 Å². The first-order valence-corrected chi connectivity index (χ1v) is 6.70. The molecule has 19 heavy (non-hydrogen) atoms.